The summed E-state index contributed by atoms with van der Waals surface area (Å²) in [6, 6.07) is 48.9. The molecule has 7 heteroatoms. The van der Waals surface area contributed by atoms with E-state index in [1.165, 1.54) is 21.8 Å². The molecule has 0 saturated carbocycles. The number of pyridine rings is 2. The van der Waals surface area contributed by atoms with Crippen molar-refractivity contribution < 1.29 is 0 Å². The minimum atomic E-state index is 0.634. The molecule has 10 aromatic rings. The Kier molecular flexibility index (Phi) is 6.04. The lowest BCUT2D eigenvalue weighted by Gasteiger charge is -2.13. The van der Waals surface area contributed by atoms with E-state index in [4.69, 9.17) is 10.1 Å². The maximum Gasteiger partial charge on any atom is 0.182 e. The molecule has 0 spiro atoms. The molecule has 0 amide bonds. The average Bonchev–Trinajstić information content (AvgIpc) is 3.87. The van der Waals surface area contributed by atoms with Gasteiger partial charge in [0, 0.05) is 62.6 Å². The molecule has 0 aliphatic rings. The molecule has 0 N–H and O–H groups in total. The Bertz CT molecular complexity index is 2720. The number of rotatable bonds is 5. The van der Waals surface area contributed by atoms with Gasteiger partial charge in [0.15, 0.2) is 11.6 Å². The minimum absolute atomic E-state index is 0.634. The molecule has 0 radical (unpaired) electrons. The SMILES string of the molecule is c1cncc(-c2nc(-c3cccc4c3c3ccccc3n4-c3cccc(-n4c5ccccc5c5ccccc54)c3)nn2-c2cccnc2)c1. The molecule has 0 aliphatic carbocycles. The van der Waals surface area contributed by atoms with E-state index < -0.39 is 0 Å². The first kappa shape index (κ1) is 27.3. The molecule has 7 nitrogen and oxygen atoms in total. The smallest absolute Gasteiger partial charge is 0.182 e. The van der Waals surface area contributed by atoms with E-state index in [1.54, 1.807) is 18.6 Å². The van der Waals surface area contributed by atoms with Gasteiger partial charge < -0.3 is 9.13 Å². The molecule has 49 heavy (non-hydrogen) atoms. The first-order valence-electron chi connectivity index (χ1n) is 16.2. The quantitative estimate of drug-likeness (QED) is 0.190. The molecule has 5 aromatic heterocycles. The molecule has 0 fully saturated rings. The summed E-state index contributed by atoms with van der Waals surface area (Å²) < 4.78 is 6.57. The first-order valence-corrected chi connectivity index (χ1v) is 16.2. The molecule has 230 valence electrons. The fraction of sp³-hybridized carbons (Fsp3) is 0. The van der Waals surface area contributed by atoms with Gasteiger partial charge >= 0.3 is 0 Å². The van der Waals surface area contributed by atoms with E-state index in [0.29, 0.717) is 11.6 Å². The lowest BCUT2D eigenvalue weighted by Crippen LogP contribution is -2.00. The van der Waals surface area contributed by atoms with E-state index in [1.807, 2.05) is 35.1 Å². The van der Waals surface area contributed by atoms with Gasteiger partial charge in [-0.1, -0.05) is 72.8 Å². The molecular weight excluding hydrogens is 603 g/mol. The summed E-state index contributed by atoms with van der Waals surface area (Å²) in [7, 11) is 0. The molecule has 5 aromatic carbocycles. The molecule has 5 heterocycles. The molecule has 0 bridgehead atoms. The van der Waals surface area contributed by atoms with Gasteiger partial charge in [0.1, 0.15) is 0 Å². The van der Waals surface area contributed by atoms with E-state index in [-0.39, 0.29) is 0 Å². The number of nitrogens with zero attached hydrogens (tertiary/aromatic N) is 7. The highest BCUT2D eigenvalue weighted by Gasteiger charge is 2.21. The van der Waals surface area contributed by atoms with Crippen LogP contribution in [0.25, 0.3) is 83.4 Å². The number of benzene rings is 5. The average molecular weight is 630 g/mol. The van der Waals surface area contributed by atoms with Gasteiger partial charge in [-0.2, -0.15) is 0 Å². The summed E-state index contributed by atoms with van der Waals surface area (Å²) in [6.07, 6.45) is 7.14. The first-order chi connectivity index (χ1) is 24.3. The van der Waals surface area contributed by atoms with Crippen molar-refractivity contribution in [3.05, 3.63) is 164 Å². The summed E-state index contributed by atoms with van der Waals surface area (Å²) >= 11 is 0. The van der Waals surface area contributed by atoms with Gasteiger partial charge in [0.2, 0.25) is 0 Å². The molecular formula is C42H27N7. The predicted octanol–water partition coefficient (Wildman–Crippen LogP) is 9.59. The van der Waals surface area contributed by atoms with E-state index >= 15 is 0 Å². The summed E-state index contributed by atoms with van der Waals surface area (Å²) in [5, 5.41) is 9.82. The Labute approximate surface area is 281 Å². The van der Waals surface area contributed by atoms with Crippen LogP contribution in [-0.2, 0) is 0 Å². The Morgan fingerprint density at radius 2 is 1.02 bits per heavy atom. The van der Waals surface area contributed by atoms with Crippen LogP contribution >= 0.6 is 0 Å². The number of fused-ring (bicyclic) bond motifs is 6. The van der Waals surface area contributed by atoms with Crippen molar-refractivity contribution in [3.8, 4) is 39.8 Å². The van der Waals surface area contributed by atoms with Gasteiger partial charge in [-0.3, -0.25) is 9.97 Å². The highest BCUT2D eigenvalue weighted by atomic mass is 15.4. The van der Waals surface area contributed by atoms with Crippen molar-refractivity contribution in [1.82, 2.24) is 33.9 Å². The molecule has 0 saturated heterocycles. The number of hydrogen-bond donors (Lipinski definition) is 0. The monoisotopic (exact) mass is 629 g/mol. The second-order valence-corrected chi connectivity index (χ2v) is 12.1. The van der Waals surface area contributed by atoms with Gasteiger partial charge in [-0.25, -0.2) is 9.67 Å². The summed E-state index contributed by atoms with van der Waals surface area (Å²) in [6.45, 7) is 0. The Morgan fingerprint density at radius 1 is 0.449 bits per heavy atom. The maximum absolute atomic E-state index is 5.14. The summed E-state index contributed by atoms with van der Waals surface area (Å²) in [5.41, 5.74) is 9.41. The van der Waals surface area contributed by atoms with Gasteiger partial charge in [-0.15, -0.1) is 5.10 Å². The van der Waals surface area contributed by atoms with E-state index in [2.05, 4.69) is 134 Å². The van der Waals surface area contributed by atoms with Crippen LogP contribution in [0, 0.1) is 0 Å². The van der Waals surface area contributed by atoms with Crippen LogP contribution in [0.15, 0.2) is 164 Å². The van der Waals surface area contributed by atoms with Crippen LogP contribution in [0.3, 0.4) is 0 Å². The van der Waals surface area contributed by atoms with Crippen molar-refractivity contribution in [1.29, 1.82) is 0 Å². The van der Waals surface area contributed by atoms with Gasteiger partial charge in [-0.05, 0) is 66.7 Å². The van der Waals surface area contributed by atoms with Crippen molar-refractivity contribution in [2.24, 2.45) is 0 Å². The molecule has 0 unspecified atom stereocenters. The third-order valence-corrected chi connectivity index (χ3v) is 9.28. The third-order valence-electron chi connectivity index (χ3n) is 9.28. The number of hydrogen-bond acceptors (Lipinski definition) is 4. The summed E-state index contributed by atoms with van der Waals surface area (Å²) in [5.74, 6) is 1.34. The second kappa shape index (κ2) is 10.9. The Morgan fingerprint density at radius 3 is 1.69 bits per heavy atom. The summed E-state index contributed by atoms with van der Waals surface area (Å²) in [4.78, 5) is 13.9. The van der Waals surface area contributed by atoms with Crippen LogP contribution in [-0.4, -0.2) is 33.9 Å². The van der Waals surface area contributed by atoms with E-state index in [0.717, 1.165) is 50.0 Å². The van der Waals surface area contributed by atoms with Gasteiger partial charge in [0.05, 0.1) is 34.0 Å². The third kappa shape index (κ3) is 4.22. The molecule has 0 aliphatic heterocycles. The van der Waals surface area contributed by atoms with Crippen LogP contribution in [0.5, 0.6) is 0 Å². The zero-order valence-corrected chi connectivity index (χ0v) is 26.2. The van der Waals surface area contributed by atoms with Crippen LogP contribution < -0.4 is 0 Å². The minimum Gasteiger partial charge on any atom is -0.309 e. The van der Waals surface area contributed by atoms with Crippen molar-refractivity contribution >= 4 is 43.6 Å². The topological polar surface area (TPSA) is 66.3 Å². The number of aromatic nitrogens is 7. The predicted molar refractivity (Wildman–Crippen MR) is 196 cm³/mol. The lowest BCUT2D eigenvalue weighted by atomic mass is 10.1. The van der Waals surface area contributed by atoms with Crippen LogP contribution in [0.1, 0.15) is 0 Å². The fourth-order valence-electron chi connectivity index (χ4n) is 7.22. The standard InChI is InChI=1S/C42H27N7/c1-4-19-36-32(15-1)33-16-2-5-20-37(33)47(36)29-12-7-13-30(25-29)48-38-21-6-3-17-34(38)40-35(18-8-22-39(40)48)41-45-42(28-11-9-23-43-26-28)49(46-41)31-14-10-24-44-27-31/h1-27H. The van der Waals surface area contributed by atoms with Crippen molar-refractivity contribution in [2.45, 2.75) is 0 Å². The Hall–Kier alpha value is -6.86. The normalized spacial score (nSPS) is 11.7. The molecule has 10 rings (SSSR count). The Balaban J connectivity index is 1.21. The van der Waals surface area contributed by atoms with Crippen molar-refractivity contribution in [2.75, 3.05) is 0 Å². The number of para-hydroxylation sites is 3. The fourth-order valence-corrected chi connectivity index (χ4v) is 7.22. The maximum atomic E-state index is 5.14. The zero-order chi connectivity index (χ0) is 32.3. The molecule has 0 atom stereocenters. The van der Waals surface area contributed by atoms with E-state index in [9.17, 15) is 0 Å². The highest BCUT2D eigenvalue weighted by molar-refractivity contribution is 6.15. The van der Waals surface area contributed by atoms with Crippen LogP contribution in [0.2, 0.25) is 0 Å². The highest BCUT2D eigenvalue weighted by Crippen LogP contribution is 2.39. The largest absolute Gasteiger partial charge is 0.309 e. The zero-order valence-electron chi connectivity index (χ0n) is 26.2. The lowest BCUT2D eigenvalue weighted by molar-refractivity contribution is 0.883. The van der Waals surface area contributed by atoms with Gasteiger partial charge in [0.25, 0.3) is 0 Å². The van der Waals surface area contributed by atoms with Crippen molar-refractivity contribution in [3.63, 3.8) is 0 Å². The van der Waals surface area contributed by atoms with Crippen LogP contribution in [0.4, 0.5) is 0 Å². The second-order valence-electron chi connectivity index (χ2n) is 12.1.